The third kappa shape index (κ3) is 1.17. The average molecular weight is 246 g/mol. The van der Waals surface area contributed by atoms with Gasteiger partial charge in [0.25, 0.3) is 0 Å². The molecule has 12 heavy (non-hydrogen) atoms. The highest BCUT2D eigenvalue weighted by Crippen LogP contribution is 2.21. The zero-order chi connectivity index (χ0) is 8.72. The molecule has 0 spiro atoms. The van der Waals surface area contributed by atoms with Gasteiger partial charge in [-0.1, -0.05) is 11.6 Å². The lowest BCUT2D eigenvalue weighted by Crippen LogP contribution is -1.90. The number of nitrogen functional groups attached to an aromatic ring is 1. The van der Waals surface area contributed by atoms with Gasteiger partial charge in [0.1, 0.15) is 10.3 Å². The molecular weight excluding hydrogens is 241 g/mol. The second kappa shape index (κ2) is 2.64. The molecule has 0 aliphatic carbocycles. The first-order valence-electron chi connectivity index (χ1n) is 3.26. The van der Waals surface area contributed by atoms with E-state index in [2.05, 4.69) is 20.9 Å². The molecule has 0 bridgehead atoms. The molecule has 0 saturated carbocycles. The zero-order valence-corrected chi connectivity index (χ0v) is 8.30. The van der Waals surface area contributed by atoms with Crippen molar-refractivity contribution >= 4 is 38.9 Å². The molecule has 0 amide bonds. The standard InChI is InChI=1S/C7H5BrClN3/c8-6-3-12-2-5(10)4(9)1-7(12)11-6/h1-3H,10H2. The minimum absolute atomic E-state index is 0.528. The molecule has 2 heterocycles. The Morgan fingerprint density at radius 2 is 2.25 bits per heavy atom. The van der Waals surface area contributed by atoms with Gasteiger partial charge in [-0.3, -0.25) is 0 Å². The van der Waals surface area contributed by atoms with Gasteiger partial charge >= 0.3 is 0 Å². The molecule has 0 atom stereocenters. The molecule has 2 aromatic heterocycles. The van der Waals surface area contributed by atoms with Crippen molar-refractivity contribution < 1.29 is 0 Å². The number of anilines is 1. The fraction of sp³-hybridized carbons (Fsp3) is 0. The minimum atomic E-state index is 0.528. The zero-order valence-electron chi connectivity index (χ0n) is 5.96. The Labute approximate surface area is 82.3 Å². The van der Waals surface area contributed by atoms with Gasteiger partial charge in [0.15, 0.2) is 0 Å². The van der Waals surface area contributed by atoms with Gasteiger partial charge in [0.05, 0.1) is 10.7 Å². The summed E-state index contributed by atoms with van der Waals surface area (Å²) in [5.74, 6) is 0. The van der Waals surface area contributed by atoms with E-state index in [-0.39, 0.29) is 0 Å². The number of aromatic nitrogens is 2. The van der Waals surface area contributed by atoms with E-state index in [0.29, 0.717) is 10.7 Å². The average Bonchev–Trinajstić information content (AvgIpc) is 2.30. The molecule has 62 valence electrons. The Morgan fingerprint density at radius 1 is 1.50 bits per heavy atom. The fourth-order valence-corrected chi connectivity index (χ4v) is 1.54. The van der Waals surface area contributed by atoms with Crippen LogP contribution in [0.4, 0.5) is 5.69 Å². The number of fused-ring (bicyclic) bond motifs is 1. The first-order chi connectivity index (χ1) is 5.66. The Balaban J connectivity index is 2.83. The number of hydrogen-bond acceptors (Lipinski definition) is 2. The second-order valence-corrected chi connectivity index (χ2v) is 3.63. The SMILES string of the molecule is Nc1cn2cc(Br)nc2cc1Cl. The summed E-state index contributed by atoms with van der Waals surface area (Å²) in [5, 5.41) is 0.528. The van der Waals surface area contributed by atoms with Crippen molar-refractivity contribution in [3.05, 3.63) is 28.1 Å². The number of pyridine rings is 1. The quantitative estimate of drug-likeness (QED) is 0.775. The van der Waals surface area contributed by atoms with Gasteiger partial charge in [0.2, 0.25) is 0 Å². The van der Waals surface area contributed by atoms with Gasteiger partial charge < -0.3 is 10.1 Å². The number of rotatable bonds is 0. The topological polar surface area (TPSA) is 43.3 Å². The number of hydrogen-bond donors (Lipinski definition) is 1. The third-order valence-electron chi connectivity index (χ3n) is 1.54. The van der Waals surface area contributed by atoms with Crippen LogP contribution >= 0.6 is 27.5 Å². The molecular formula is C7H5BrClN3. The number of nitrogens with zero attached hydrogens (tertiary/aromatic N) is 2. The van der Waals surface area contributed by atoms with Gasteiger partial charge in [-0.2, -0.15) is 0 Å². The molecule has 2 N–H and O–H groups in total. The summed E-state index contributed by atoms with van der Waals surface area (Å²) < 4.78 is 2.58. The molecule has 0 aliphatic rings. The van der Waals surface area contributed by atoms with Crippen LogP contribution in [0.1, 0.15) is 0 Å². The Kier molecular flexibility index (Phi) is 1.73. The van der Waals surface area contributed by atoms with Crippen LogP contribution in [0.5, 0.6) is 0 Å². The van der Waals surface area contributed by atoms with Crippen LogP contribution in [0.25, 0.3) is 5.65 Å². The van der Waals surface area contributed by atoms with Crippen LogP contribution in [0.15, 0.2) is 23.1 Å². The monoisotopic (exact) mass is 245 g/mol. The summed E-state index contributed by atoms with van der Waals surface area (Å²) in [4.78, 5) is 4.15. The van der Waals surface area contributed by atoms with E-state index in [1.165, 1.54) is 0 Å². The summed E-state index contributed by atoms with van der Waals surface area (Å²) >= 11 is 9.06. The van der Waals surface area contributed by atoms with Crippen LogP contribution in [-0.2, 0) is 0 Å². The molecule has 0 saturated heterocycles. The molecule has 5 heteroatoms. The maximum absolute atomic E-state index is 5.80. The van der Waals surface area contributed by atoms with Crippen LogP contribution < -0.4 is 5.73 Å². The summed E-state index contributed by atoms with van der Waals surface area (Å²) in [5.41, 5.74) is 6.93. The van der Waals surface area contributed by atoms with Gasteiger partial charge in [-0.15, -0.1) is 0 Å². The normalized spacial score (nSPS) is 10.8. The molecule has 0 fully saturated rings. The summed E-state index contributed by atoms with van der Waals surface area (Å²) in [6, 6.07) is 1.72. The van der Waals surface area contributed by atoms with Gasteiger partial charge in [0, 0.05) is 18.5 Å². The lowest BCUT2D eigenvalue weighted by Gasteiger charge is -1.97. The van der Waals surface area contributed by atoms with E-state index in [4.69, 9.17) is 17.3 Å². The highest BCUT2D eigenvalue weighted by Gasteiger charge is 2.01. The molecule has 0 aliphatic heterocycles. The molecule has 0 unspecified atom stereocenters. The number of nitrogens with two attached hydrogens (primary N) is 1. The van der Waals surface area contributed by atoms with E-state index in [1.807, 2.05) is 10.6 Å². The van der Waals surface area contributed by atoms with E-state index in [9.17, 15) is 0 Å². The van der Waals surface area contributed by atoms with Crippen molar-refractivity contribution in [3.8, 4) is 0 Å². The summed E-state index contributed by atoms with van der Waals surface area (Å²) in [7, 11) is 0. The summed E-state index contributed by atoms with van der Waals surface area (Å²) in [6.45, 7) is 0. The molecule has 2 aromatic rings. The Morgan fingerprint density at radius 3 is 3.00 bits per heavy atom. The van der Waals surface area contributed by atoms with Crippen LogP contribution in [-0.4, -0.2) is 9.38 Å². The lowest BCUT2D eigenvalue weighted by molar-refractivity contribution is 1.19. The van der Waals surface area contributed by atoms with Crippen molar-refractivity contribution in [1.82, 2.24) is 9.38 Å². The van der Waals surface area contributed by atoms with Crippen LogP contribution in [0, 0.1) is 0 Å². The smallest absolute Gasteiger partial charge is 0.139 e. The highest BCUT2D eigenvalue weighted by atomic mass is 79.9. The maximum Gasteiger partial charge on any atom is 0.139 e. The molecule has 3 nitrogen and oxygen atoms in total. The number of imidazole rings is 1. The lowest BCUT2D eigenvalue weighted by atomic mass is 10.4. The van der Waals surface area contributed by atoms with Gasteiger partial charge in [-0.25, -0.2) is 4.98 Å². The number of halogens is 2. The van der Waals surface area contributed by atoms with Crippen molar-refractivity contribution in [3.63, 3.8) is 0 Å². The fourth-order valence-electron chi connectivity index (χ4n) is 0.995. The van der Waals surface area contributed by atoms with Crippen molar-refractivity contribution in [1.29, 1.82) is 0 Å². The predicted octanol–water partition coefficient (Wildman–Crippen LogP) is 2.33. The Bertz CT molecular complexity index is 398. The maximum atomic E-state index is 5.80. The van der Waals surface area contributed by atoms with Crippen LogP contribution in [0.3, 0.4) is 0 Å². The molecule has 2 rings (SSSR count). The first kappa shape index (κ1) is 7.89. The largest absolute Gasteiger partial charge is 0.396 e. The molecule has 0 aromatic carbocycles. The van der Waals surface area contributed by atoms with Crippen LogP contribution in [0.2, 0.25) is 5.02 Å². The van der Waals surface area contributed by atoms with E-state index in [0.717, 1.165) is 10.3 Å². The van der Waals surface area contributed by atoms with E-state index >= 15 is 0 Å². The van der Waals surface area contributed by atoms with Crippen molar-refractivity contribution in [2.24, 2.45) is 0 Å². The second-order valence-electron chi connectivity index (χ2n) is 2.41. The van der Waals surface area contributed by atoms with Crippen molar-refractivity contribution in [2.45, 2.75) is 0 Å². The molecule has 0 radical (unpaired) electrons. The first-order valence-corrected chi connectivity index (χ1v) is 4.43. The third-order valence-corrected chi connectivity index (χ3v) is 2.25. The predicted molar refractivity (Wildman–Crippen MR) is 52.3 cm³/mol. The van der Waals surface area contributed by atoms with E-state index < -0.39 is 0 Å². The Hall–Kier alpha value is -0.740. The summed E-state index contributed by atoms with van der Waals surface area (Å²) in [6.07, 6.45) is 3.55. The van der Waals surface area contributed by atoms with Crippen molar-refractivity contribution in [2.75, 3.05) is 5.73 Å². The van der Waals surface area contributed by atoms with Gasteiger partial charge in [-0.05, 0) is 15.9 Å². The highest BCUT2D eigenvalue weighted by molar-refractivity contribution is 9.10. The minimum Gasteiger partial charge on any atom is -0.396 e. The van der Waals surface area contributed by atoms with E-state index in [1.54, 1.807) is 12.3 Å².